The van der Waals surface area contributed by atoms with Gasteiger partial charge in [0.1, 0.15) is 6.10 Å². The molecule has 0 amide bonds. The molecule has 0 bridgehead atoms. The molecule has 0 aromatic rings. The molecule has 0 aromatic heterocycles. The summed E-state index contributed by atoms with van der Waals surface area (Å²) in [4.78, 5) is 10.5. The third-order valence-corrected chi connectivity index (χ3v) is 1.68. The van der Waals surface area contributed by atoms with Crippen LogP contribution >= 0.6 is 0 Å². The van der Waals surface area contributed by atoms with Crippen LogP contribution in [0.1, 0.15) is 40.0 Å². The monoisotopic (exact) mass is 188 g/mol. The van der Waals surface area contributed by atoms with Crippen molar-refractivity contribution in [1.29, 1.82) is 0 Å². The third kappa shape index (κ3) is 9.34. The molecule has 0 aliphatic rings. The Morgan fingerprint density at radius 2 is 2.08 bits per heavy atom. The summed E-state index contributed by atoms with van der Waals surface area (Å²) in [5.74, 6) is -0.221. The van der Waals surface area contributed by atoms with Gasteiger partial charge < -0.3 is 9.47 Å². The van der Waals surface area contributed by atoms with Crippen molar-refractivity contribution < 1.29 is 14.3 Å². The maximum Gasteiger partial charge on any atom is 0.302 e. The lowest BCUT2D eigenvalue weighted by atomic mass is 10.3. The largest absolute Gasteiger partial charge is 0.463 e. The molecule has 0 rings (SSSR count). The summed E-state index contributed by atoms with van der Waals surface area (Å²) in [7, 11) is 0. The van der Waals surface area contributed by atoms with Crippen LogP contribution in [0, 0.1) is 0 Å². The molecule has 0 N–H and O–H groups in total. The van der Waals surface area contributed by atoms with Gasteiger partial charge in [-0.15, -0.1) is 0 Å². The first-order valence-corrected chi connectivity index (χ1v) is 4.91. The molecular weight excluding hydrogens is 168 g/mol. The van der Waals surface area contributed by atoms with Crippen molar-refractivity contribution >= 4 is 5.97 Å². The first-order valence-electron chi connectivity index (χ1n) is 4.91. The molecule has 0 saturated carbocycles. The van der Waals surface area contributed by atoms with Crippen LogP contribution in [0.3, 0.4) is 0 Å². The van der Waals surface area contributed by atoms with Crippen LogP contribution in [0.25, 0.3) is 0 Å². The number of unbranched alkanes of at least 4 members (excludes halogenated alkanes) is 1. The highest BCUT2D eigenvalue weighted by molar-refractivity contribution is 5.66. The minimum Gasteiger partial charge on any atom is -0.463 e. The topological polar surface area (TPSA) is 35.5 Å². The molecule has 0 fully saturated rings. The molecule has 0 heterocycles. The lowest BCUT2D eigenvalue weighted by Crippen LogP contribution is -2.14. The van der Waals surface area contributed by atoms with Gasteiger partial charge in [0, 0.05) is 20.0 Å². The maximum absolute atomic E-state index is 10.5. The lowest BCUT2D eigenvalue weighted by molar-refractivity contribution is -0.146. The van der Waals surface area contributed by atoms with Crippen molar-refractivity contribution in [1.82, 2.24) is 0 Å². The molecular formula is C10H20O3. The van der Waals surface area contributed by atoms with Gasteiger partial charge in [-0.3, -0.25) is 4.79 Å². The summed E-state index contributed by atoms with van der Waals surface area (Å²) in [5, 5.41) is 0. The Kier molecular flexibility index (Phi) is 7.69. The molecule has 3 nitrogen and oxygen atoms in total. The molecule has 0 spiro atoms. The first-order chi connectivity index (χ1) is 6.16. The Morgan fingerprint density at radius 3 is 2.62 bits per heavy atom. The minimum absolute atomic E-state index is 0.0286. The van der Waals surface area contributed by atoms with E-state index in [2.05, 4.69) is 6.92 Å². The van der Waals surface area contributed by atoms with E-state index in [1.165, 1.54) is 6.92 Å². The second-order valence-electron chi connectivity index (χ2n) is 3.17. The molecule has 0 radical (unpaired) electrons. The van der Waals surface area contributed by atoms with Crippen molar-refractivity contribution in [2.75, 3.05) is 13.2 Å². The zero-order valence-electron chi connectivity index (χ0n) is 8.84. The minimum atomic E-state index is -0.221. The van der Waals surface area contributed by atoms with E-state index in [-0.39, 0.29) is 12.1 Å². The van der Waals surface area contributed by atoms with Gasteiger partial charge >= 0.3 is 5.97 Å². The Hall–Kier alpha value is -0.570. The smallest absolute Gasteiger partial charge is 0.302 e. The van der Waals surface area contributed by atoms with Gasteiger partial charge in [0.15, 0.2) is 0 Å². The number of hydrogen-bond donors (Lipinski definition) is 0. The highest BCUT2D eigenvalue weighted by Crippen LogP contribution is 1.98. The fourth-order valence-electron chi connectivity index (χ4n) is 0.940. The highest BCUT2D eigenvalue weighted by Gasteiger charge is 2.04. The van der Waals surface area contributed by atoms with Gasteiger partial charge in [0.25, 0.3) is 0 Å². The number of hydrogen-bond acceptors (Lipinski definition) is 3. The Balaban J connectivity index is 3.17. The number of carbonyl (C=O) groups is 1. The van der Waals surface area contributed by atoms with Crippen LogP contribution in [-0.2, 0) is 14.3 Å². The zero-order valence-corrected chi connectivity index (χ0v) is 8.84. The first kappa shape index (κ1) is 12.4. The van der Waals surface area contributed by atoms with E-state index in [0.717, 1.165) is 25.9 Å². The SMILES string of the molecule is CCCCOCCC(C)OC(C)=O. The quantitative estimate of drug-likeness (QED) is 0.453. The van der Waals surface area contributed by atoms with Gasteiger partial charge in [0.2, 0.25) is 0 Å². The molecule has 1 atom stereocenters. The van der Waals surface area contributed by atoms with Crippen molar-refractivity contribution in [2.45, 2.75) is 46.1 Å². The van der Waals surface area contributed by atoms with E-state index in [1.54, 1.807) is 0 Å². The van der Waals surface area contributed by atoms with E-state index < -0.39 is 0 Å². The zero-order chi connectivity index (χ0) is 10.1. The Bertz CT molecular complexity index is 134. The predicted molar refractivity (Wildman–Crippen MR) is 51.6 cm³/mol. The van der Waals surface area contributed by atoms with Crippen molar-refractivity contribution in [2.24, 2.45) is 0 Å². The predicted octanol–water partition coefficient (Wildman–Crippen LogP) is 2.14. The molecule has 13 heavy (non-hydrogen) atoms. The number of rotatable bonds is 7. The molecule has 0 aromatic carbocycles. The Morgan fingerprint density at radius 1 is 1.38 bits per heavy atom. The van der Waals surface area contributed by atoms with Crippen LogP contribution < -0.4 is 0 Å². The number of carbonyl (C=O) groups excluding carboxylic acids is 1. The van der Waals surface area contributed by atoms with Crippen LogP contribution in [0.2, 0.25) is 0 Å². The second-order valence-corrected chi connectivity index (χ2v) is 3.17. The molecule has 1 unspecified atom stereocenters. The van der Waals surface area contributed by atoms with Gasteiger partial charge in [-0.25, -0.2) is 0 Å². The summed E-state index contributed by atoms with van der Waals surface area (Å²) in [6, 6.07) is 0. The van der Waals surface area contributed by atoms with E-state index in [1.807, 2.05) is 6.92 Å². The van der Waals surface area contributed by atoms with Gasteiger partial charge in [-0.1, -0.05) is 13.3 Å². The van der Waals surface area contributed by atoms with Crippen LogP contribution in [0.4, 0.5) is 0 Å². The van der Waals surface area contributed by atoms with Gasteiger partial charge in [-0.05, 0) is 13.3 Å². The maximum atomic E-state index is 10.5. The second kappa shape index (κ2) is 8.05. The molecule has 3 heteroatoms. The van der Waals surface area contributed by atoms with Gasteiger partial charge in [0.05, 0.1) is 6.61 Å². The number of esters is 1. The van der Waals surface area contributed by atoms with Crippen molar-refractivity contribution in [3.05, 3.63) is 0 Å². The van der Waals surface area contributed by atoms with Crippen LogP contribution in [-0.4, -0.2) is 25.3 Å². The highest BCUT2D eigenvalue weighted by atomic mass is 16.5. The Labute approximate surface area is 80.4 Å². The van der Waals surface area contributed by atoms with E-state index in [4.69, 9.17) is 9.47 Å². The fourth-order valence-corrected chi connectivity index (χ4v) is 0.940. The van der Waals surface area contributed by atoms with Crippen molar-refractivity contribution in [3.8, 4) is 0 Å². The normalized spacial score (nSPS) is 12.5. The third-order valence-electron chi connectivity index (χ3n) is 1.68. The van der Waals surface area contributed by atoms with Crippen molar-refractivity contribution in [3.63, 3.8) is 0 Å². The standard InChI is InChI=1S/C10H20O3/c1-4-5-7-12-8-6-9(2)13-10(3)11/h9H,4-8H2,1-3H3. The summed E-state index contributed by atoms with van der Waals surface area (Å²) >= 11 is 0. The summed E-state index contributed by atoms with van der Waals surface area (Å²) in [5.41, 5.74) is 0. The van der Waals surface area contributed by atoms with E-state index >= 15 is 0 Å². The van der Waals surface area contributed by atoms with E-state index in [0.29, 0.717) is 6.61 Å². The van der Waals surface area contributed by atoms with Crippen LogP contribution in [0.15, 0.2) is 0 Å². The number of ether oxygens (including phenoxy) is 2. The summed E-state index contributed by atoms with van der Waals surface area (Å²) in [6.07, 6.45) is 3.00. The molecule has 0 saturated heterocycles. The molecule has 0 aliphatic heterocycles. The fraction of sp³-hybridized carbons (Fsp3) is 0.900. The lowest BCUT2D eigenvalue weighted by Gasteiger charge is -2.11. The molecule has 78 valence electrons. The average molecular weight is 188 g/mol. The molecule has 0 aliphatic carbocycles. The van der Waals surface area contributed by atoms with Crippen LogP contribution in [0.5, 0.6) is 0 Å². The average Bonchev–Trinajstić information content (AvgIpc) is 2.02. The summed E-state index contributed by atoms with van der Waals surface area (Å²) in [6.45, 7) is 6.92. The van der Waals surface area contributed by atoms with Gasteiger partial charge in [-0.2, -0.15) is 0 Å². The summed E-state index contributed by atoms with van der Waals surface area (Å²) < 4.78 is 10.3. The van der Waals surface area contributed by atoms with E-state index in [9.17, 15) is 4.79 Å².